The fraction of sp³-hybridized carbons (Fsp3) is 0.429. The van der Waals surface area contributed by atoms with E-state index in [-0.39, 0.29) is 12.0 Å². The van der Waals surface area contributed by atoms with Gasteiger partial charge >= 0.3 is 6.09 Å². The second-order valence-corrected chi connectivity index (χ2v) is 5.29. The minimum atomic E-state index is -1.04. The normalized spacial score (nSPS) is 17.1. The molecule has 1 fully saturated rings. The molecule has 8 heteroatoms. The Morgan fingerprint density at radius 1 is 1.41 bits per heavy atom. The maximum Gasteiger partial charge on any atom is 0.405 e. The highest BCUT2D eigenvalue weighted by Gasteiger charge is 2.27. The van der Waals surface area contributed by atoms with E-state index < -0.39 is 6.09 Å². The summed E-state index contributed by atoms with van der Waals surface area (Å²) in [6, 6.07) is 1.48. The number of aromatic nitrogens is 4. The SMILES string of the molecule is O=C(O)NC(c1cc(-n2ccnc2)ncn1)C1CCNCC1. The van der Waals surface area contributed by atoms with E-state index in [2.05, 4.69) is 25.6 Å². The van der Waals surface area contributed by atoms with Gasteiger partial charge < -0.3 is 15.7 Å². The van der Waals surface area contributed by atoms with Crippen LogP contribution in [-0.2, 0) is 0 Å². The second-order valence-electron chi connectivity index (χ2n) is 5.29. The van der Waals surface area contributed by atoms with Gasteiger partial charge in [0.15, 0.2) is 0 Å². The molecule has 1 saturated heterocycles. The van der Waals surface area contributed by atoms with Gasteiger partial charge in [0, 0.05) is 18.5 Å². The Balaban J connectivity index is 1.89. The zero-order valence-electron chi connectivity index (χ0n) is 12.0. The quantitative estimate of drug-likeness (QED) is 0.777. The van der Waals surface area contributed by atoms with Gasteiger partial charge in [-0.3, -0.25) is 4.57 Å². The first-order chi connectivity index (χ1) is 10.7. The van der Waals surface area contributed by atoms with Crippen LogP contribution in [0.15, 0.2) is 31.1 Å². The summed E-state index contributed by atoms with van der Waals surface area (Å²) in [5.41, 5.74) is 0.688. The maximum atomic E-state index is 11.2. The maximum absolute atomic E-state index is 11.2. The van der Waals surface area contributed by atoms with Crippen LogP contribution in [0.1, 0.15) is 24.6 Å². The Bertz CT molecular complexity index is 624. The smallest absolute Gasteiger partial charge is 0.405 e. The molecule has 0 bridgehead atoms. The molecule has 1 aliphatic rings. The van der Waals surface area contributed by atoms with Crippen LogP contribution < -0.4 is 10.6 Å². The molecule has 22 heavy (non-hydrogen) atoms. The third-order valence-corrected chi connectivity index (χ3v) is 3.90. The van der Waals surface area contributed by atoms with Crippen LogP contribution in [0.3, 0.4) is 0 Å². The van der Waals surface area contributed by atoms with Crippen molar-refractivity contribution >= 4 is 6.09 Å². The van der Waals surface area contributed by atoms with Crippen molar-refractivity contribution in [3.63, 3.8) is 0 Å². The van der Waals surface area contributed by atoms with Gasteiger partial charge in [0.25, 0.3) is 0 Å². The van der Waals surface area contributed by atoms with Crippen LogP contribution in [-0.4, -0.2) is 43.8 Å². The number of carbonyl (C=O) groups is 1. The number of hydrogen-bond acceptors (Lipinski definition) is 5. The molecule has 0 spiro atoms. The number of nitrogens with one attached hydrogen (secondary N) is 2. The molecule has 1 unspecified atom stereocenters. The van der Waals surface area contributed by atoms with E-state index in [1.807, 2.05) is 6.07 Å². The lowest BCUT2D eigenvalue weighted by atomic mass is 9.88. The van der Waals surface area contributed by atoms with Gasteiger partial charge in [0.2, 0.25) is 0 Å². The molecule has 0 saturated carbocycles. The summed E-state index contributed by atoms with van der Waals surface area (Å²) in [6.45, 7) is 1.78. The van der Waals surface area contributed by atoms with Crippen LogP contribution in [0.4, 0.5) is 4.79 Å². The average Bonchev–Trinajstić information content (AvgIpc) is 3.08. The number of hydrogen-bond donors (Lipinski definition) is 3. The van der Waals surface area contributed by atoms with E-state index in [1.165, 1.54) is 6.33 Å². The molecule has 1 atom stereocenters. The summed E-state index contributed by atoms with van der Waals surface area (Å²) in [4.78, 5) is 23.6. The van der Waals surface area contributed by atoms with Gasteiger partial charge in [-0.1, -0.05) is 0 Å². The highest BCUT2D eigenvalue weighted by Crippen LogP contribution is 2.28. The first kappa shape index (κ1) is 14.5. The lowest BCUT2D eigenvalue weighted by Gasteiger charge is -2.30. The molecule has 2 aromatic rings. The van der Waals surface area contributed by atoms with Gasteiger partial charge in [0.05, 0.1) is 11.7 Å². The number of nitrogens with zero attached hydrogens (tertiary/aromatic N) is 4. The van der Waals surface area contributed by atoms with E-state index in [9.17, 15) is 4.79 Å². The molecule has 3 rings (SSSR count). The molecule has 0 aromatic carbocycles. The summed E-state index contributed by atoms with van der Waals surface area (Å²) in [6.07, 6.45) is 7.35. The summed E-state index contributed by atoms with van der Waals surface area (Å²) in [5.74, 6) is 0.900. The molecular weight excluding hydrogens is 284 g/mol. The second kappa shape index (κ2) is 6.52. The summed E-state index contributed by atoms with van der Waals surface area (Å²) in [5, 5.41) is 15.0. The predicted octanol–water partition coefficient (Wildman–Crippen LogP) is 0.971. The monoisotopic (exact) mass is 302 g/mol. The summed E-state index contributed by atoms with van der Waals surface area (Å²) < 4.78 is 1.77. The summed E-state index contributed by atoms with van der Waals surface area (Å²) in [7, 11) is 0. The molecule has 1 amide bonds. The zero-order chi connectivity index (χ0) is 15.4. The minimum absolute atomic E-state index is 0.225. The van der Waals surface area contributed by atoms with E-state index in [1.54, 1.807) is 23.3 Å². The fourth-order valence-electron chi connectivity index (χ4n) is 2.81. The Morgan fingerprint density at radius 3 is 2.91 bits per heavy atom. The van der Waals surface area contributed by atoms with E-state index in [0.717, 1.165) is 25.9 Å². The van der Waals surface area contributed by atoms with Crippen molar-refractivity contribution in [3.05, 3.63) is 36.8 Å². The molecule has 3 N–H and O–H groups in total. The Morgan fingerprint density at radius 2 is 2.23 bits per heavy atom. The van der Waals surface area contributed by atoms with Crippen LogP contribution in [0, 0.1) is 5.92 Å². The Labute approximate surface area is 127 Å². The fourth-order valence-corrected chi connectivity index (χ4v) is 2.81. The average molecular weight is 302 g/mol. The lowest BCUT2D eigenvalue weighted by molar-refractivity contribution is 0.179. The third-order valence-electron chi connectivity index (χ3n) is 3.90. The zero-order valence-corrected chi connectivity index (χ0v) is 12.0. The van der Waals surface area contributed by atoms with Crippen molar-refractivity contribution in [2.45, 2.75) is 18.9 Å². The molecule has 0 radical (unpaired) electrons. The lowest BCUT2D eigenvalue weighted by Crippen LogP contribution is -2.38. The molecule has 1 aliphatic heterocycles. The third kappa shape index (κ3) is 3.22. The van der Waals surface area contributed by atoms with Gasteiger partial charge in [-0.25, -0.2) is 19.7 Å². The topological polar surface area (TPSA) is 105 Å². The molecule has 8 nitrogen and oxygen atoms in total. The van der Waals surface area contributed by atoms with Crippen LogP contribution in [0.25, 0.3) is 5.82 Å². The number of amides is 1. The molecule has 116 valence electrons. The number of imidazole rings is 1. The van der Waals surface area contributed by atoms with Gasteiger partial charge in [-0.05, 0) is 31.8 Å². The highest BCUT2D eigenvalue weighted by atomic mass is 16.4. The number of carboxylic acid groups (broad SMARTS) is 1. The first-order valence-electron chi connectivity index (χ1n) is 7.24. The summed E-state index contributed by atoms with van der Waals surface area (Å²) >= 11 is 0. The van der Waals surface area contributed by atoms with Gasteiger partial charge in [0.1, 0.15) is 18.5 Å². The molecule has 3 heterocycles. The van der Waals surface area contributed by atoms with Gasteiger partial charge in [-0.15, -0.1) is 0 Å². The van der Waals surface area contributed by atoms with Crippen molar-refractivity contribution in [1.82, 2.24) is 30.2 Å². The molecular formula is C14H18N6O2. The number of piperidine rings is 1. The van der Waals surface area contributed by atoms with E-state index in [0.29, 0.717) is 11.5 Å². The first-order valence-corrected chi connectivity index (χ1v) is 7.24. The van der Waals surface area contributed by atoms with Crippen molar-refractivity contribution in [3.8, 4) is 5.82 Å². The molecule has 2 aromatic heterocycles. The molecule has 0 aliphatic carbocycles. The largest absolute Gasteiger partial charge is 0.465 e. The standard InChI is InChI=1S/C14H18N6O2/c21-14(22)19-13(10-1-3-15-4-2-10)11-7-12(18-8-17-11)20-6-5-16-9-20/h5-10,13,15,19H,1-4H2,(H,21,22). The van der Waals surface area contributed by atoms with E-state index in [4.69, 9.17) is 5.11 Å². The predicted molar refractivity (Wildman–Crippen MR) is 78.6 cm³/mol. The van der Waals surface area contributed by atoms with Crippen molar-refractivity contribution in [1.29, 1.82) is 0 Å². The van der Waals surface area contributed by atoms with Crippen LogP contribution in [0.5, 0.6) is 0 Å². The van der Waals surface area contributed by atoms with Crippen molar-refractivity contribution in [2.24, 2.45) is 5.92 Å². The van der Waals surface area contributed by atoms with Crippen molar-refractivity contribution < 1.29 is 9.90 Å². The Kier molecular flexibility index (Phi) is 4.29. The number of rotatable bonds is 4. The van der Waals surface area contributed by atoms with Crippen LogP contribution >= 0.6 is 0 Å². The Hall–Kier alpha value is -2.48. The minimum Gasteiger partial charge on any atom is -0.465 e. The highest BCUT2D eigenvalue weighted by molar-refractivity contribution is 5.65. The van der Waals surface area contributed by atoms with E-state index >= 15 is 0 Å². The van der Waals surface area contributed by atoms with Gasteiger partial charge in [-0.2, -0.15) is 0 Å². The van der Waals surface area contributed by atoms with Crippen LogP contribution in [0.2, 0.25) is 0 Å². The van der Waals surface area contributed by atoms with Crippen molar-refractivity contribution in [2.75, 3.05) is 13.1 Å².